The normalized spacial score (nSPS) is 20.6. The molecule has 0 radical (unpaired) electrons. The third kappa shape index (κ3) is 2.68. The Bertz CT molecular complexity index is 186. The van der Waals surface area contributed by atoms with Gasteiger partial charge in [-0.3, -0.25) is 5.01 Å². The van der Waals surface area contributed by atoms with Crippen LogP contribution < -0.4 is 0 Å². The van der Waals surface area contributed by atoms with Crippen molar-refractivity contribution in [3.8, 4) is 0 Å². The van der Waals surface area contributed by atoms with Gasteiger partial charge in [0.25, 0.3) is 0 Å². The van der Waals surface area contributed by atoms with Crippen LogP contribution in [0.15, 0.2) is 17.4 Å². The first-order chi connectivity index (χ1) is 5.49. The van der Waals surface area contributed by atoms with E-state index in [2.05, 4.69) is 45.1 Å². The van der Waals surface area contributed by atoms with Crippen LogP contribution in [0, 0.1) is 11.3 Å². The van der Waals surface area contributed by atoms with Gasteiger partial charge in [-0.2, -0.15) is 5.10 Å². The van der Waals surface area contributed by atoms with Gasteiger partial charge in [-0.15, -0.1) is 0 Å². The van der Waals surface area contributed by atoms with E-state index in [0.717, 1.165) is 6.54 Å². The Morgan fingerprint density at radius 2 is 2.08 bits per heavy atom. The minimum absolute atomic E-state index is 0.132. The Kier molecular flexibility index (Phi) is 2.55. The molecule has 0 amide bonds. The Balaban J connectivity index is 2.50. The molecule has 0 unspecified atom stereocenters. The van der Waals surface area contributed by atoms with Crippen molar-refractivity contribution in [3.63, 3.8) is 0 Å². The highest BCUT2D eigenvalue weighted by Crippen LogP contribution is 2.18. The van der Waals surface area contributed by atoms with Crippen molar-refractivity contribution in [3.05, 3.63) is 12.3 Å². The van der Waals surface area contributed by atoms with Gasteiger partial charge in [-0.25, -0.2) is 0 Å². The van der Waals surface area contributed by atoms with Gasteiger partial charge >= 0.3 is 0 Å². The highest BCUT2D eigenvalue weighted by Gasteiger charge is 2.15. The summed E-state index contributed by atoms with van der Waals surface area (Å²) in [4.78, 5) is 0. The van der Waals surface area contributed by atoms with Crippen LogP contribution in [0.25, 0.3) is 0 Å². The van der Waals surface area contributed by atoms with E-state index in [0.29, 0.717) is 5.92 Å². The molecule has 2 nitrogen and oxygen atoms in total. The zero-order valence-corrected chi connectivity index (χ0v) is 8.41. The average Bonchev–Trinajstić information content (AvgIpc) is 1.93. The zero-order valence-electron chi connectivity index (χ0n) is 8.41. The maximum atomic E-state index is 4.34. The molecule has 2 heteroatoms. The molecule has 68 valence electrons. The molecule has 0 atom stereocenters. The molecular formula is C10H18N2. The van der Waals surface area contributed by atoms with Crippen LogP contribution in [0.5, 0.6) is 0 Å². The fourth-order valence-corrected chi connectivity index (χ4v) is 1.06. The Morgan fingerprint density at radius 3 is 2.50 bits per heavy atom. The number of nitrogens with zero attached hydrogens (tertiary/aromatic N) is 2. The van der Waals surface area contributed by atoms with E-state index in [1.54, 1.807) is 0 Å². The first-order valence-corrected chi connectivity index (χ1v) is 4.51. The summed E-state index contributed by atoms with van der Waals surface area (Å²) in [5.74, 6) is 0.660. The van der Waals surface area contributed by atoms with E-state index in [-0.39, 0.29) is 5.41 Å². The molecule has 0 spiro atoms. The molecular weight excluding hydrogens is 148 g/mol. The van der Waals surface area contributed by atoms with Crippen LogP contribution in [0.2, 0.25) is 0 Å². The van der Waals surface area contributed by atoms with E-state index < -0.39 is 0 Å². The lowest BCUT2D eigenvalue weighted by molar-refractivity contribution is 0.334. The summed E-state index contributed by atoms with van der Waals surface area (Å²) in [7, 11) is 0. The molecule has 0 aliphatic carbocycles. The maximum absolute atomic E-state index is 4.34. The second kappa shape index (κ2) is 3.30. The van der Waals surface area contributed by atoms with Gasteiger partial charge < -0.3 is 0 Å². The van der Waals surface area contributed by atoms with E-state index in [9.17, 15) is 0 Å². The molecule has 12 heavy (non-hydrogen) atoms. The van der Waals surface area contributed by atoms with Gasteiger partial charge in [0.05, 0.1) is 0 Å². The smallest absolute Gasteiger partial charge is 0.0431 e. The molecule has 1 heterocycles. The molecule has 1 aliphatic heterocycles. The van der Waals surface area contributed by atoms with Crippen LogP contribution in [-0.2, 0) is 0 Å². The molecule has 0 aromatic rings. The largest absolute Gasteiger partial charge is 0.273 e. The van der Waals surface area contributed by atoms with Crippen LogP contribution in [0.3, 0.4) is 0 Å². The van der Waals surface area contributed by atoms with E-state index >= 15 is 0 Å². The summed E-state index contributed by atoms with van der Waals surface area (Å²) in [6.07, 6.45) is 6.25. The molecule has 0 saturated carbocycles. The van der Waals surface area contributed by atoms with Crippen molar-refractivity contribution in [2.45, 2.75) is 27.7 Å². The van der Waals surface area contributed by atoms with Gasteiger partial charge in [0.1, 0.15) is 0 Å². The van der Waals surface area contributed by atoms with Gasteiger partial charge in [-0.1, -0.05) is 33.8 Å². The minimum Gasteiger partial charge on any atom is -0.273 e. The Hall–Kier alpha value is -0.790. The summed E-state index contributed by atoms with van der Waals surface area (Å²) in [5.41, 5.74) is 0.132. The van der Waals surface area contributed by atoms with Crippen molar-refractivity contribution < 1.29 is 0 Å². The van der Waals surface area contributed by atoms with Crippen LogP contribution >= 0.6 is 0 Å². The third-order valence-corrected chi connectivity index (χ3v) is 1.77. The fraction of sp³-hybridized carbons (Fsp3) is 0.700. The number of hydrogen-bond acceptors (Lipinski definition) is 2. The average molecular weight is 166 g/mol. The van der Waals surface area contributed by atoms with Gasteiger partial charge in [0.2, 0.25) is 0 Å². The molecule has 0 aromatic carbocycles. The lowest BCUT2D eigenvalue weighted by Gasteiger charge is -2.25. The summed E-state index contributed by atoms with van der Waals surface area (Å²) >= 11 is 0. The summed E-state index contributed by atoms with van der Waals surface area (Å²) in [6, 6.07) is 0. The van der Waals surface area contributed by atoms with E-state index in [1.807, 2.05) is 11.2 Å². The molecule has 0 bridgehead atoms. The zero-order chi connectivity index (χ0) is 9.19. The first-order valence-electron chi connectivity index (χ1n) is 4.51. The topological polar surface area (TPSA) is 15.6 Å². The summed E-state index contributed by atoms with van der Waals surface area (Å²) < 4.78 is 0. The molecule has 0 aromatic heterocycles. The fourth-order valence-electron chi connectivity index (χ4n) is 1.06. The summed E-state index contributed by atoms with van der Waals surface area (Å²) in [5, 5.41) is 6.34. The number of hydrogen-bond donors (Lipinski definition) is 0. The lowest BCUT2D eigenvalue weighted by atomic mass is 9.95. The SMILES string of the molecule is CC(C)CN1C=CC(C)(C)C=N1. The van der Waals surface area contributed by atoms with Crippen molar-refractivity contribution >= 4 is 6.21 Å². The van der Waals surface area contributed by atoms with E-state index in [1.165, 1.54) is 0 Å². The molecule has 0 N–H and O–H groups in total. The second-order valence-electron chi connectivity index (χ2n) is 4.40. The van der Waals surface area contributed by atoms with Gasteiger partial charge in [0, 0.05) is 24.4 Å². The standard InChI is InChI=1S/C10H18N2/c1-9(2)7-12-6-5-10(3,4)8-11-12/h5-6,8-9H,7H2,1-4H3. The summed E-state index contributed by atoms with van der Waals surface area (Å²) in [6.45, 7) is 9.70. The lowest BCUT2D eigenvalue weighted by Crippen LogP contribution is -2.24. The van der Waals surface area contributed by atoms with Crippen molar-refractivity contribution in [2.75, 3.05) is 6.54 Å². The number of hydrazone groups is 1. The van der Waals surface area contributed by atoms with E-state index in [4.69, 9.17) is 0 Å². The molecule has 0 saturated heterocycles. The van der Waals surface area contributed by atoms with Gasteiger partial charge in [-0.05, 0) is 5.92 Å². The van der Waals surface area contributed by atoms with Crippen LogP contribution in [-0.4, -0.2) is 17.8 Å². The van der Waals surface area contributed by atoms with Crippen LogP contribution in [0.1, 0.15) is 27.7 Å². The predicted octanol–water partition coefficient (Wildman–Crippen LogP) is 2.48. The first kappa shape index (κ1) is 9.30. The third-order valence-electron chi connectivity index (χ3n) is 1.77. The quantitative estimate of drug-likeness (QED) is 0.615. The maximum Gasteiger partial charge on any atom is 0.0431 e. The number of allylic oxidation sites excluding steroid dienone is 1. The van der Waals surface area contributed by atoms with Crippen molar-refractivity contribution in [1.82, 2.24) is 5.01 Å². The van der Waals surface area contributed by atoms with Crippen molar-refractivity contribution in [1.29, 1.82) is 0 Å². The molecule has 1 rings (SSSR count). The monoisotopic (exact) mass is 166 g/mol. The molecule has 0 fully saturated rings. The minimum atomic E-state index is 0.132. The Morgan fingerprint density at radius 1 is 1.42 bits per heavy atom. The molecule has 1 aliphatic rings. The highest BCUT2D eigenvalue weighted by atomic mass is 15.4. The van der Waals surface area contributed by atoms with Gasteiger partial charge in [0.15, 0.2) is 0 Å². The van der Waals surface area contributed by atoms with Crippen molar-refractivity contribution in [2.24, 2.45) is 16.4 Å². The number of rotatable bonds is 2. The predicted molar refractivity (Wildman–Crippen MR) is 53.0 cm³/mol. The highest BCUT2D eigenvalue weighted by molar-refractivity contribution is 5.68. The Labute approximate surface area is 75.0 Å². The second-order valence-corrected chi connectivity index (χ2v) is 4.40. The van der Waals surface area contributed by atoms with Crippen LogP contribution in [0.4, 0.5) is 0 Å².